The van der Waals surface area contributed by atoms with Crippen LogP contribution in [0.15, 0.2) is 72.8 Å². The van der Waals surface area contributed by atoms with Gasteiger partial charge in [0.15, 0.2) is 0 Å². The molecular weight excluding hydrogens is 444 g/mol. The van der Waals surface area contributed by atoms with E-state index in [0.717, 1.165) is 42.4 Å². The Morgan fingerprint density at radius 3 is 2.17 bits per heavy atom. The summed E-state index contributed by atoms with van der Waals surface area (Å²) in [5.74, 6) is -0.325. The Balaban J connectivity index is 1.88. The van der Waals surface area contributed by atoms with E-state index in [9.17, 15) is 4.79 Å². The predicted molar refractivity (Wildman–Crippen MR) is 150 cm³/mol. The molecule has 0 radical (unpaired) electrons. The molecule has 0 saturated heterocycles. The smallest absolute Gasteiger partial charge is 0.333 e. The van der Waals surface area contributed by atoms with Gasteiger partial charge in [-0.2, -0.15) is 0 Å². The van der Waals surface area contributed by atoms with Crippen LogP contribution in [0.4, 0.5) is 0 Å². The van der Waals surface area contributed by atoms with Crippen LogP contribution in [-0.2, 0) is 29.0 Å². The molecule has 0 bridgehead atoms. The van der Waals surface area contributed by atoms with Crippen molar-refractivity contribution in [2.24, 2.45) is 0 Å². The number of rotatable bonds is 13. The van der Waals surface area contributed by atoms with Crippen molar-refractivity contribution in [1.82, 2.24) is 0 Å². The SMILES string of the molecule is C=C(CC)C(=O)OCc1cc(CCCCC)ccc1-c1ccc(-c2ccc(CCCO)cc2)c(C)c1. The summed E-state index contributed by atoms with van der Waals surface area (Å²) in [6, 6.07) is 21.7. The number of carbonyl (C=O) groups excluding carboxylic acids is 1. The highest BCUT2D eigenvalue weighted by atomic mass is 16.5. The van der Waals surface area contributed by atoms with Crippen molar-refractivity contribution in [3.63, 3.8) is 0 Å². The molecule has 3 heteroatoms. The maximum absolute atomic E-state index is 12.3. The van der Waals surface area contributed by atoms with E-state index in [0.29, 0.717) is 12.0 Å². The summed E-state index contributed by atoms with van der Waals surface area (Å²) in [5, 5.41) is 9.07. The van der Waals surface area contributed by atoms with Crippen molar-refractivity contribution in [2.75, 3.05) is 6.61 Å². The minimum Gasteiger partial charge on any atom is -0.457 e. The Morgan fingerprint density at radius 1 is 0.833 bits per heavy atom. The van der Waals surface area contributed by atoms with Gasteiger partial charge in [-0.3, -0.25) is 0 Å². The zero-order chi connectivity index (χ0) is 25.9. The Bertz CT molecular complexity index is 1160. The van der Waals surface area contributed by atoms with Crippen molar-refractivity contribution in [2.45, 2.75) is 72.3 Å². The fraction of sp³-hybridized carbons (Fsp3) is 0.364. The number of aliphatic hydroxyl groups is 1. The van der Waals surface area contributed by atoms with E-state index in [1.165, 1.54) is 40.7 Å². The minimum atomic E-state index is -0.325. The van der Waals surface area contributed by atoms with E-state index in [1.54, 1.807) is 0 Å². The predicted octanol–water partition coefficient (Wildman–Crippen LogP) is 8.00. The molecule has 0 spiro atoms. The zero-order valence-electron chi connectivity index (χ0n) is 22.1. The molecule has 3 aromatic rings. The Labute approximate surface area is 216 Å². The summed E-state index contributed by atoms with van der Waals surface area (Å²) in [5.41, 5.74) is 9.86. The van der Waals surface area contributed by atoms with Gasteiger partial charge >= 0.3 is 5.97 Å². The number of hydrogen-bond acceptors (Lipinski definition) is 3. The van der Waals surface area contributed by atoms with E-state index >= 15 is 0 Å². The molecule has 0 aliphatic heterocycles. The highest BCUT2D eigenvalue weighted by Gasteiger charge is 2.13. The van der Waals surface area contributed by atoms with Crippen LogP contribution in [0.3, 0.4) is 0 Å². The molecule has 0 aromatic heterocycles. The van der Waals surface area contributed by atoms with Crippen LogP contribution >= 0.6 is 0 Å². The number of esters is 1. The summed E-state index contributed by atoms with van der Waals surface area (Å²) in [6.07, 6.45) is 6.87. The Morgan fingerprint density at radius 2 is 1.50 bits per heavy atom. The molecule has 0 aliphatic rings. The normalized spacial score (nSPS) is 10.9. The minimum absolute atomic E-state index is 0.219. The molecule has 0 amide bonds. The van der Waals surface area contributed by atoms with Crippen molar-refractivity contribution in [1.29, 1.82) is 0 Å². The van der Waals surface area contributed by atoms with Gasteiger partial charge in [0, 0.05) is 12.2 Å². The molecular formula is C33H40O3. The van der Waals surface area contributed by atoms with Crippen LogP contribution < -0.4 is 0 Å². The summed E-state index contributed by atoms with van der Waals surface area (Å²) in [6.45, 7) is 10.5. The molecule has 190 valence electrons. The number of hydrogen-bond donors (Lipinski definition) is 1. The fourth-order valence-electron chi connectivity index (χ4n) is 4.46. The second kappa shape index (κ2) is 13.8. The quantitative estimate of drug-likeness (QED) is 0.152. The highest BCUT2D eigenvalue weighted by molar-refractivity contribution is 5.87. The summed E-state index contributed by atoms with van der Waals surface area (Å²) < 4.78 is 5.63. The summed E-state index contributed by atoms with van der Waals surface area (Å²) in [4.78, 5) is 12.3. The number of benzene rings is 3. The lowest BCUT2D eigenvalue weighted by molar-refractivity contribution is -0.140. The molecule has 0 saturated carbocycles. The molecule has 3 nitrogen and oxygen atoms in total. The topological polar surface area (TPSA) is 46.5 Å². The van der Waals surface area contributed by atoms with E-state index in [4.69, 9.17) is 9.84 Å². The van der Waals surface area contributed by atoms with Gasteiger partial charge in [-0.25, -0.2) is 4.79 Å². The van der Waals surface area contributed by atoms with E-state index < -0.39 is 0 Å². The van der Waals surface area contributed by atoms with Gasteiger partial charge in [0.2, 0.25) is 0 Å². The number of aryl methyl sites for hydroxylation is 3. The average molecular weight is 485 g/mol. The van der Waals surface area contributed by atoms with Gasteiger partial charge in [0.05, 0.1) is 0 Å². The first-order valence-electron chi connectivity index (χ1n) is 13.2. The number of ether oxygens (including phenoxy) is 1. The van der Waals surface area contributed by atoms with Crippen LogP contribution in [-0.4, -0.2) is 17.7 Å². The standard InChI is InChI=1S/C33H40O3/c1-5-7-8-10-27-14-18-32(30(22-27)23-36-33(35)24(3)6-2)29-17-19-31(25(4)21-29)28-15-12-26(13-16-28)11-9-20-34/h12-19,21-22,34H,3,5-11,20,23H2,1-2,4H3. The van der Waals surface area contributed by atoms with E-state index in [1.807, 2.05) is 6.92 Å². The second-order valence-corrected chi connectivity index (χ2v) is 9.54. The van der Waals surface area contributed by atoms with Crippen molar-refractivity contribution in [3.05, 3.63) is 95.1 Å². The Hall–Kier alpha value is -3.17. The molecule has 0 fully saturated rings. The van der Waals surface area contributed by atoms with Crippen molar-refractivity contribution >= 4 is 5.97 Å². The lowest BCUT2D eigenvalue weighted by Gasteiger charge is -2.15. The maximum atomic E-state index is 12.3. The monoisotopic (exact) mass is 484 g/mol. The summed E-state index contributed by atoms with van der Waals surface area (Å²) in [7, 11) is 0. The first-order valence-corrected chi connectivity index (χ1v) is 13.2. The fourth-order valence-corrected chi connectivity index (χ4v) is 4.46. The van der Waals surface area contributed by atoms with Crippen molar-refractivity contribution < 1.29 is 14.6 Å². The van der Waals surface area contributed by atoms with Crippen LogP contribution in [0.5, 0.6) is 0 Å². The molecule has 3 rings (SSSR count). The molecule has 36 heavy (non-hydrogen) atoms. The van der Waals surface area contributed by atoms with Gasteiger partial charge in [0.1, 0.15) is 6.61 Å². The summed E-state index contributed by atoms with van der Waals surface area (Å²) >= 11 is 0. The molecule has 0 unspecified atom stereocenters. The molecule has 0 heterocycles. The van der Waals surface area contributed by atoms with Crippen LogP contribution in [0.25, 0.3) is 22.3 Å². The van der Waals surface area contributed by atoms with Gasteiger partial charge in [-0.1, -0.05) is 93.9 Å². The molecule has 3 aromatic carbocycles. The van der Waals surface area contributed by atoms with E-state index in [2.05, 4.69) is 81.1 Å². The third kappa shape index (κ3) is 7.41. The third-order valence-electron chi connectivity index (χ3n) is 6.74. The molecule has 0 aliphatic carbocycles. The first kappa shape index (κ1) is 27.4. The van der Waals surface area contributed by atoms with E-state index in [-0.39, 0.29) is 19.2 Å². The average Bonchev–Trinajstić information content (AvgIpc) is 2.90. The highest BCUT2D eigenvalue weighted by Crippen LogP contribution is 2.32. The third-order valence-corrected chi connectivity index (χ3v) is 6.74. The van der Waals surface area contributed by atoms with Crippen LogP contribution in [0, 0.1) is 6.92 Å². The van der Waals surface area contributed by atoms with Gasteiger partial charge in [-0.05, 0) is 83.5 Å². The van der Waals surface area contributed by atoms with Crippen LogP contribution in [0.2, 0.25) is 0 Å². The zero-order valence-corrected chi connectivity index (χ0v) is 22.1. The number of aliphatic hydroxyl groups excluding tert-OH is 1. The maximum Gasteiger partial charge on any atom is 0.333 e. The number of carbonyl (C=O) groups is 1. The first-order chi connectivity index (χ1) is 17.5. The lowest BCUT2D eigenvalue weighted by atomic mass is 9.92. The number of unbranched alkanes of at least 4 members (excludes halogenated alkanes) is 2. The van der Waals surface area contributed by atoms with Gasteiger partial charge in [-0.15, -0.1) is 0 Å². The molecule has 1 N–H and O–H groups in total. The Kier molecular flexibility index (Phi) is 10.5. The van der Waals surface area contributed by atoms with Crippen molar-refractivity contribution in [3.8, 4) is 22.3 Å². The largest absolute Gasteiger partial charge is 0.457 e. The second-order valence-electron chi connectivity index (χ2n) is 9.54. The van der Waals surface area contributed by atoms with Gasteiger partial charge < -0.3 is 9.84 Å². The van der Waals surface area contributed by atoms with Crippen LogP contribution in [0.1, 0.15) is 68.2 Å². The van der Waals surface area contributed by atoms with Gasteiger partial charge in [0.25, 0.3) is 0 Å². The molecule has 0 atom stereocenters. The lowest BCUT2D eigenvalue weighted by Crippen LogP contribution is -2.07.